The van der Waals surface area contributed by atoms with Gasteiger partial charge in [0, 0.05) is 4.88 Å². The van der Waals surface area contributed by atoms with Crippen molar-refractivity contribution in [2.24, 2.45) is 17.6 Å². The van der Waals surface area contributed by atoms with Gasteiger partial charge in [-0.2, -0.15) is 0 Å². The molecule has 4 heterocycles. The number of ether oxygens (including phenoxy) is 1. The number of hydrogen-bond donors (Lipinski definition) is 1. The Morgan fingerprint density at radius 3 is 2.30 bits per heavy atom. The fourth-order valence-corrected chi connectivity index (χ4v) is 5.57. The van der Waals surface area contributed by atoms with Gasteiger partial charge in [0.15, 0.2) is 0 Å². The summed E-state index contributed by atoms with van der Waals surface area (Å²) in [5, 5.41) is 0.399. The molecule has 3 aliphatic heterocycles. The van der Waals surface area contributed by atoms with Crippen molar-refractivity contribution >= 4 is 34.1 Å². The van der Waals surface area contributed by atoms with Crippen LogP contribution < -0.4 is 10.6 Å². The highest BCUT2D eigenvalue weighted by Gasteiger charge is 2.63. The third-order valence-electron chi connectivity index (χ3n) is 5.28. The zero-order chi connectivity index (χ0) is 16.5. The largest absolute Gasteiger partial charge is 0.373 e. The van der Waals surface area contributed by atoms with Gasteiger partial charge in [-0.3, -0.25) is 14.4 Å². The summed E-state index contributed by atoms with van der Waals surface area (Å²) in [4.78, 5) is 39.8. The highest BCUT2D eigenvalue weighted by Crippen LogP contribution is 2.51. The molecule has 3 fully saturated rings. The quantitative estimate of drug-likeness (QED) is 0.846. The second kappa shape index (κ2) is 4.88. The van der Waals surface area contributed by atoms with Crippen LogP contribution in [0.3, 0.4) is 0 Å². The molecule has 4 rings (SSSR count). The summed E-state index contributed by atoms with van der Waals surface area (Å²) in [7, 11) is 0. The number of thiophene rings is 1. The van der Waals surface area contributed by atoms with Crippen molar-refractivity contribution < 1.29 is 19.1 Å². The number of rotatable bonds is 3. The van der Waals surface area contributed by atoms with E-state index >= 15 is 0 Å². The third-order valence-corrected chi connectivity index (χ3v) is 6.41. The molecule has 3 amide bonds. The van der Waals surface area contributed by atoms with Gasteiger partial charge in [-0.25, -0.2) is 4.90 Å². The van der Waals surface area contributed by atoms with Crippen LogP contribution in [-0.4, -0.2) is 29.9 Å². The summed E-state index contributed by atoms with van der Waals surface area (Å²) in [6, 6.07) is 0. The number of nitrogens with two attached hydrogens (primary N) is 1. The molecule has 0 aromatic carbocycles. The first-order valence-corrected chi connectivity index (χ1v) is 8.72. The van der Waals surface area contributed by atoms with Crippen molar-refractivity contribution in [3.8, 4) is 0 Å². The van der Waals surface area contributed by atoms with E-state index in [2.05, 4.69) is 0 Å². The molecule has 1 aromatic heterocycles. The van der Waals surface area contributed by atoms with E-state index in [0.717, 1.165) is 23.3 Å². The molecule has 7 heteroatoms. The number of primary amides is 1. The van der Waals surface area contributed by atoms with Crippen molar-refractivity contribution in [1.29, 1.82) is 0 Å². The summed E-state index contributed by atoms with van der Waals surface area (Å²) < 4.78 is 5.74. The van der Waals surface area contributed by atoms with Crippen LogP contribution in [0.25, 0.3) is 0 Å². The molecule has 2 bridgehead atoms. The lowest BCUT2D eigenvalue weighted by molar-refractivity contribution is -0.124. The number of nitrogens with zero attached hydrogens (tertiary/aromatic N) is 1. The van der Waals surface area contributed by atoms with Crippen LogP contribution in [0, 0.1) is 18.8 Å². The van der Waals surface area contributed by atoms with Crippen molar-refractivity contribution in [1.82, 2.24) is 0 Å². The van der Waals surface area contributed by atoms with E-state index in [0.29, 0.717) is 17.0 Å². The standard InChI is InChI=1S/C16H18N2O4S/c1-3-7-6(2)23-16(10(7)13(17)19)18-14(20)11-8-4-5-9(22-8)12(11)15(18)21/h8-9,11-12H,3-5H2,1-2H3,(H2,17,19)/t8-,9+,11-,12+. The first-order valence-electron chi connectivity index (χ1n) is 7.91. The molecule has 1 aromatic rings. The Bertz CT molecular complexity index is 713. The fraction of sp³-hybridized carbons (Fsp3) is 0.562. The van der Waals surface area contributed by atoms with Crippen LogP contribution in [0.4, 0.5) is 5.00 Å². The number of amides is 3. The predicted molar refractivity (Wildman–Crippen MR) is 84.3 cm³/mol. The van der Waals surface area contributed by atoms with E-state index in [1.165, 1.54) is 16.2 Å². The SMILES string of the molecule is CCc1c(C)sc(N2C(=O)[C@@H]3[C@H](C2=O)[C@H]2CC[C@@H]3O2)c1C(N)=O. The van der Waals surface area contributed by atoms with Gasteiger partial charge < -0.3 is 10.5 Å². The number of carbonyl (C=O) groups is 3. The number of carbonyl (C=O) groups excluding carboxylic acids is 3. The van der Waals surface area contributed by atoms with E-state index in [1.807, 2.05) is 13.8 Å². The van der Waals surface area contributed by atoms with Crippen molar-refractivity contribution in [2.75, 3.05) is 4.90 Å². The van der Waals surface area contributed by atoms with Crippen LogP contribution >= 0.6 is 11.3 Å². The normalized spacial score (nSPS) is 32.0. The molecule has 2 N–H and O–H groups in total. The molecule has 0 saturated carbocycles. The lowest BCUT2D eigenvalue weighted by Gasteiger charge is -2.17. The Morgan fingerprint density at radius 1 is 1.26 bits per heavy atom. The van der Waals surface area contributed by atoms with Gasteiger partial charge >= 0.3 is 0 Å². The van der Waals surface area contributed by atoms with Gasteiger partial charge in [0.2, 0.25) is 11.8 Å². The minimum atomic E-state index is -0.585. The maximum Gasteiger partial charge on any atom is 0.252 e. The average molecular weight is 334 g/mol. The molecule has 23 heavy (non-hydrogen) atoms. The zero-order valence-corrected chi connectivity index (χ0v) is 13.8. The first kappa shape index (κ1) is 14.8. The minimum absolute atomic E-state index is 0.157. The number of anilines is 1. The Hall–Kier alpha value is -1.73. The Balaban J connectivity index is 1.82. The van der Waals surface area contributed by atoms with Gasteiger partial charge in [-0.15, -0.1) is 11.3 Å². The smallest absolute Gasteiger partial charge is 0.252 e. The molecular weight excluding hydrogens is 316 g/mol. The van der Waals surface area contributed by atoms with Crippen LogP contribution in [0.15, 0.2) is 0 Å². The predicted octanol–water partition coefficient (Wildman–Crippen LogP) is 1.38. The Labute approximate surface area is 137 Å². The lowest BCUT2D eigenvalue weighted by atomic mass is 9.81. The number of hydrogen-bond acceptors (Lipinski definition) is 5. The second-order valence-corrected chi connectivity index (χ2v) is 7.59. The molecule has 0 spiro atoms. The fourth-order valence-electron chi connectivity index (χ4n) is 4.31. The third kappa shape index (κ3) is 1.80. The number of imide groups is 1. The topological polar surface area (TPSA) is 89.7 Å². The average Bonchev–Trinajstić information content (AvgIpc) is 3.22. The molecule has 3 saturated heterocycles. The molecule has 0 aliphatic carbocycles. The number of fused-ring (bicyclic) bond motifs is 5. The maximum absolute atomic E-state index is 12.9. The van der Waals surface area contributed by atoms with E-state index in [-0.39, 0.29) is 24.0 Å². The van der Waals surface area contributed by atoms with E-state index < -0.39 is 17.7 Å². The van der Waals surface area contributed by atoms with Crippen LogP contribution in [0.2, 0.25) is 0 Å². The van der Waals surface area contributed by atoms with Crippen LogP contribution in [-0.2, 0) is 20.7 Å². The van der Waals surface area contributed by atoms with Crippen molar-refractivity contribution in [2.45, 2.75) is 45.3 Å². The van der Waals surface area contributed by atoms with Crippen LogP contribution in [0.1, 0.15) is 40.6 Å². The molecule has 3 aliphatic rings. The highest BCUT2D eigenvalue weighted by molar-refractivity contribution is 7.17. The Morgan fingerprint density at radius 2 is 1.83 bits per heavy atom. The summed E-state index contributed by atoms with van der Waals surface area (Å²) in [6.07, 6.45) is 1.97. The van der Waals surface area contributed by atoms with Gasteiger partial charge in [-0.1, -0.05) is 6.92 Å². The first-order chi connectivity index (χ1) is 11.0. The molecule has 0 unspecified atom stereocenters. The lowest BCUT2D eigenvalue weighted by Crippen LogP contribution is -2.35. The van der Waals surface area contributed by atoms with Crippen molar-refractivity contribution in [3.63, 3.8) is 0 Å². The van der Waals surface area contributed by atoms with E-state index in [1.54, 1.807) is 0 Å². The molecular formula is C16H18N2O4S. The van der Waals surface area contributed by atoms with Gasteiger partial charge in [-0.05, 0) is 31.7 Å². The van der Waals surface area contributed by atoms with Gasteiger partial charge in [0.25, 0.3) is 5.91 Å². The highest BCUT2D eigenvalue weighted by atomic mass is 32.1. The minimum Gasteiger partial charge on any atom is -0.373 e. The molecule has 0 radical (unpaired) electrons. The van der Waals surface area contributed by atoms with Gasteiger partial charge in [0.1, 0.15) is 5.00 Å². The zero-order valence-electron chi connectivity index (χ0n) is 13.0. The van der Waals surface area contributed by atoms with Crippen LogP contribution in [0.5, 0.6) is 0 Å². The second-order valence-electron chi connectivity index (χ2n) is 6.39. The molecule has 122 valence electrons. The number of aryl methyl sites for hydroxylation is 1. The summed E-state index contributed by atoms with van der Waals surface area (Å²) in [6.45, 7) is 3.82. The van der Waals surface area contributed by atoms with Crippen molar-refractivity contribution in [3.05, 3.63) is 16.0 Å². The van der Waals surface area contributed by atoms with E-state index in [9.17, 15) is 14.4 Å². The maximum atomic E-state index is 12.9. The molecule has 6 nitrogen and oxygen atoms in total. The monoisotopic (exact) mass is 334 g/mol. The van der Waals surface area contributed by atoms with E-state index in [4.69, 9.17) is 10.5 Å². The summed E-state index contributed by atoms with van der Waals surface area (Å²) in [5.41, 5.74) is 6.69. The summed E-state index contributed by atoms with van der Waals surface area (Å²) in [5.74, 6) is -1.85. The molecule has 4 atom stereocenters. The Kier molecular flexibility index (Phi) is 3.15. The summed E-state index contributed by atoms with van der Waals surface area (Å²) >= 11 is 1.30. The van der Waals surface area contributed by atoms with Gasteiger partial charge in [0.05, 0.1) is 29.6 Å².